The van der Waals surface area contributed by atoms with Crippen LogP contribution >= 0.6 is 0 Å². The molecule has 5 nitrogen and oxygen atoms in total. The van der Waals surface area contributed by atoms with E-state index in [0.29, 0.717) is 13.0 Å². The van der Waals surface area contributed by atoms with Crippen LogP contribution in [0.25, 0.3) is 0 Å². The average Bonchev–Trinajstić information content (AvgIpc) is 2.89. The van der Waals surface area contributed by atoms with Gasteiger partial charge in [0.15, 0.2) is 0 Å². The van der Waals surface area contributed by atoms with E-state index in [1.54, 1.807) is 4.90 Å². The number of hydrogen-bond donors (Lipinski definition) is 1. The molecule has 1 saturated carbocycles. The second-order valence-electron chi connectivity index (χ2n) is 9.25. The van der Waals surface area contributed by atoms with E-state index < -0.39 is 17.9 Å². The first-order chi connectivity index (χ1) is 16.6. The fraction of sp³-hybridized carbons (Fsp3) is 0.310. The third-order valence-electron chi connectivity index (χ3n) is 7.24. The Morgan fingerprint density at radius 3 is 1.97 bits per heavy atom. The van der Waals surface area contributed by atoms with Gasteiger partial charge in [-0.3, -0.25) is 4.79 Å². The summed E-state index contributed by atoms with van der Waals surface area (Å²) in [6.45, 7) is 0.450. The highest BCUT2D eigenvalue weighted by Crippen LogP contribution is 2.44. The van der Waals surface area contributed by atoms with Gasteiger partial charge in [0.25, 0.3) is 0 Å². The first-order valence-electron chi connectivity index (χ1n) is 11.9. The van der Waals surface area contributed by atoms with Gasteiger partial charge in [-0.2, -0.15) is 0 Å². The summed E-state index contributed by atoms with van der Waals surface area (Å²) in [5, 5.41) is 10.3. The van der Waals surface area contributed by atoms with Crippen molar-refractivity contribution in [2.75, 3.05) is 0 Å². The highest BCUT2D eigenvalue weighted by molar-refractivity contribution is 5.91. The number of hydrogen-bond acceptors (Lipinski definition) is 3. The lowest BCUT2D eigenvalue weighted by Crippen LogP contribution is -2.65. The van der Waals surface area contributed by atoms with Crippen LogP contribution in [0.4, 0.5) is 0 Å². The SMILES string of the molecule is O=C(O)[C@@H]1[C@H]2CC[C@H](CC2OCc2ccccc2)N1C(=O)C(c1ccccc1)c1ccccc1. The van der Waals surface area contributed by atoms with Crippen LogP contribution in [0.1, 0.15) is 41.9 Å². The fourth-order valence-corrected chi connectivity index (χ4v) is 5.68. The number of carbonyl (C=O) groups excluding carboxylic acids is 1. The maximum atomic E-state index is 14.1. The Hall–Kier alpha value is -3.44. The molecule has 5 heteroatoms. The molecule has 3 aromatic carbocycles. The van der Waals surface area contributed by atoms with E-state index in [1.165, 1.54) is 0 Å². The molecule has 1 amide bonds. The van der Waals surface area contributed by atoms with Crippen molar-refractivity contribution in [2.45, 2.75) is 50.0 Å². The summed E-state index contributed by atoms with van der Waals surface area (Å²) < 4.78 is 6.24. The largest absolute Gasteiger partial charge is 0.480 e. The Bertz CT molecular complexity index is 1080. The van der Waals surface area contributed by atoms with Gasteiger partial charge in [-0.1, -0.05) is 91.0 Å². The fourth-order valence-electron chi connectivity index (χ4n) is 5.68. The molecule has 0 radical (unpaired) electrons. The van der Waals surface area contributed by atoms with Crippen molar-refractivity contribution in [1.29, 1.82) is 0 Å². The van der Waals surface area contributed by atoms with Crippen molar-refractivity contribution in [1.82, 2.24) is 4.90 Å². The minimum absolute atomic E-state index is 0.138. The van der Waals surface area contributed by atoms with Gasteiger partial charge in [0.2, 0.25) is 5.91 Å². The highest BCUT2D eigenvalue weighted by atomic mass is 16.5. The molecule has 2 saturated heterocycles. The number of amides is 1. The lowest BCUT2D eigenvalue weighted by Gasteiger charge is -2.53. The Labute approximate surface area is 200 Å². The molecule has 1 aliphatic carbocycles. The van der Waals surface area contributed by atoms with Crippen LogP contribution in [-0.2, 0) is 20.9 Å². The Kier molecular flexibility index (Phi) is 6.45. The number of carboxylic acids is 1. The van der Waals surface area contributed by atoms with E-state index in [-0.39, 0.29) is 24.0 Å². The predicted molar refractivity (Wildman–Crippen MR) is 129 cm³/mol. The van der Waals surface area contributed by atoms with Gasteiger partial charge >= 0.3 is 5.97 Å². The monoisotopic (exact) mass is 455 g/mol. The average molecular weight is 456 g/mol. The van der Waals surface area contributed by atoms with E-state index in [1.807, 2.05) is 91.0 Å². The highest BCUT2D eigenvalue weighted by Gasteiger charge is 2.53. The number of ether oxygens (including phenoxy) is 1. The number of benzene rings is 3. The molecule has 1 N–H and O–H groups in total. The summed E-state index contributed by atoms with van der Waals surface area (Å²) in [5.74, 6) is -1.84. The Morgan fingerprint density at radius 1 is 0.853 bits per heavy atom. The normalized spacial score (nSPS) is 23.7. The zero-order chi connectivity index (χ0) is 23.5. The van der Waals surface area contributed by atoms with Crippen molar-refractivity contribution >= 4 is 11.9 Å². The molecule has 4 atom stereocenters. The van der Waals surface area contributed by atoms with Crippen molar-refractivity contribution < 1.29 is 19.4 Å². The van der Waals surface area contributed by atoms with E-state index in [2.05, 4.69) is 0 Å². The van der Waals surface area contributed by atoms with Crippen LogP contribution in [0.15, 0.2) is 91.0 Å². The molecule has 2 aliphatic heterocycles. The number of rotatable bonds is 7. The zero-order valence-corrected chi connectivity index (χ0v) is 19.0. The summed E-state index contributed by atoms with van der Waals surface area (Å²) in [4.78, 5) is 28.3. The number of carbonyl (C=O) groups is 2. The van der Waals surface area contributed by atoms with Crippen molar-refractivity contribution in [3.8, 4) is 0 Å². The van der Waals surface area contributed by atoms with Gasteiger partial charge in [0.05, 0.1) is 18.6 Å². The Morgan fingerprint density at radius 2 is 1.41 bits per heavy atom. The molecule has 174 valence electrons. The lowest BCUT2D eigenvalue weighted by atomic mass is 9.71. The summed E-state index contributed by atoms with van der Waals surface area (Å²) in [6, 6.07) is 28.2. The molecular weight excluding hydrogens is 426 g/mol. The van der Waals surface area contributed by atoms with Gasteiger partial charge in [0.1, 0.15) is 6.04 Å². The second kappa shape index (κ2) is 9.82. The minimum Gasteiger partial charge on any atom is -0.480 e. The smallest absolute Gasteiger partial charge is 0.326 e. The molecule has 0 aromatic heterocycles. The van der Waals surface area contributed by atoms with Gasteiger partial charge in [-0.25, -0.2) is 4.79 Å². The van der Waals surface area contributed by atoms with E-state index in [4.69, 9.17) is 4.74 Å². The van der Waals surface area contributed by atoms with E-state index in [9.17, 15) is 14.7 Å². The van der Waals surface area contributed by atoms with Crippen LogP contribution in [0.5, 0.6) is 0 Å². The van der Waals surface area contributed by atoms with E-state index in [0.717, 1.165) is 29.5 Å². The summed E-state index contributed by atoms with van der Waals surface area (Å²) in [7, 11) is 0. The molecule has 6 rings (SSSR count). The molecule has 3 aliphatic rings. The lowest BCUT2D eigenvalue weighted by molar-refractivity contribution is -0.177. The molecule has 34 heavy (non-hydrogen) atoms. The van der Waals surface area contributed by atoms with Crippen LogP contribution in [0.2, 0.25) is 0 Å². The quantitative estimate of drug-likeness (QED) is 0.552. The second-order valence-corrected chi connectivity index (χ2v) is 9.25. The molecule has 3 fully saturated rings. The number of aliphatic carboxylic acids is 1. The first kappa shape index (κ1) is 22.4. The summed E-state index contributed by atoms with van der Waals surface area (Å²) in [5.41, 5.74) is 2.82. The van der Waals surface area contributed by atoms with Crippen molar-refractivity contribution in [3.63, 3.8) is 0 Å². The van der Waals surface area contributed by atoms with Gasteiger partial charge in [-0.15, -0.1) is 0 Å². The van der Waals surface area contributed by atoms with Crippen LogP contribution in [-0.4, -0.2) is 40.1 Å². The maximum absolute atomic E-state index is 14.1. The predicted octanol–water partition coefficient (Wildman–Crippen LogP) is 4.87. The number of nitrogens with zero attached hydrogens (tertiary/aromatic N) is 1. The van der Waals surface area contributed by atoms with Crippen LogP contribution in [0, 0.1) is 5.92 Å². The molecule has 3 aromatic rings. The van der Waals surface area contributed by atoms with Gasteiger partial charge in [-0.05, 0) is 36.0 Å². The molecule has 2 heterocycles. The molecule has 2 bridgehead atoms. The molecule has 0 spiro atoms. The van der Waals surface area contributed by atoms with E-state index >= 15 is 0 Å². The summed E-state index contributed by atoms with van der Waals surface area (Å²) in [6.07, 6.45) is 2.06. The minimum atomic E-state index is -0.948. The van der Waals surface area contributed by atoms with Crippen molar-refractivity contribution in [2.24, 2.45) is 5.92 Å². The third kappa shape index (κ3) is 4.36. The van der Waals surface area contributed by atoms with Crippen LogP contribution < -0.4 is 0 Å². The molecular formula is C29H29NO4. The number of piperidine rings is 2. The van der Waals surface area contributed by atoms with Crippen LogP contribution in [0.3, 0.4) is 0 Å². The van der Waals surface area contributed by atoms with Gasteiger partial charge in [0, 0.05) is 12.0 Å². The van der Waals surface area contributed by atoms with Crippen molar-refractivity contribution in [3.05, 3.63) is 108 Å². The number of carboxylic acid groups (broad SMARTS) is 1. The molecule has 1 unspecified atom stereocenters. The summed E-state index contributed by atoms with van der Waals surface area (Å²) >= 11 is 0. The maximum Gasteiger partial charge on any atom is 0.326 e. The first-order valence-corrected chi connectivity index (χ1v) is 11.9. The van der Waals surface area contributed by atoms with Gasteiger partial charge < -0.3 is 14.7 Å². The number of fused-ring (bicyclic) bond motifs is 3. The topological polar surface area (TPSA) is 66.8 Å². The Balaban J connectivity index is 1.43. The third-order valence-corrected chi connectivity index (χ3v) is 7.24. The standard InChI is InChI=1S/C29H29NO4/c31-28(26(21-12-6-2-7-13-21)22-14-8-3-9-15-22)30-23-16-17-24(27(30)29(32)33)25(18-23)34-19-20-10-4-1-5-11-20/h1-15,23-27H,16-19H2,(H,32,33)/t23-,24+,25?,27+/m1/s1. The zero-order valence-electron chi connectivity index (χ0n) is 19.0.